The van der Waals surface area contributed by atoms with Gasteiger partial charge in [-0.25, -0.2) is 4.98 Å². The van der Waals surface area contributed by atoms with E-state index in [9.17, 15) is 0 Å². The summed E-state index contributed by atoms with van der Waals surface area (Å²) < 4.78 is 3.51. The molecule has 2 aromatic heterocycles. The average Bonchev–Trinajstić information content (AvgIpc) is 2.54. The molecule has 2 aromatic rings. The monoisotopic (exact) mass is 312 g/mol. The van der Waals surface area contributed by atoms with Gasteiger partial charge < -0.3 is 4.57 Å². The second-order valence-electron chi connectivity index (χ2n) is 4.33. The maximum absolute atomic E-state index is 4.51. The molecule has 1 aliphatic carbocycles. The molecule has 3 rings (SSSR count). The van der Waals surface area contributed by atoms with E-state index in [1.165, 1.54) is 28.2 Å². The molecule has 2 heterocycles. The largest absolute Gasteiger partial charge is 0.332 e. The third kappa shape index (κ3) is 1.77. The third-order valence-corrected chi connectivity index (χ3v) is 3.84. The summed E-state index contributed by atoms with van der Waals surface area (Å²) in [4.78, 5) is 4.51. The second kappa shape index (κ2) is 3.77. The molecular weight excluding hydrogens is 299 g/mol. The molecule has 15 heavy (non-hydrogen) atoms. The van der Waals surface area contributed by atoms with Crippen LogP contribution >= 0.6 is 22.6 Å². The molecule has 0 unspecified atom stereocenters. The molecule has 1 fully saturated rings. The predicted molar refractivity (Wildman–Crippen MR) is 69.8 cm³/mol. The Hall–Kier alpha value is -0.580. The van der Waals surface area contributed by atoms with E-state index >= 15 is 0 Å². The fraction of sp³-hybridized carbons (Fsp3) is 0.417. The summed E-state index contributed by atoms with van der Waals surface area (Å²) in [7, 11) is 0. The van der Waals surface area contributed by atoms with Crippen molar-refractivity contribution >= 4 is 33.6 Å². The molecule has 0 N–H and O–H groups in total. The van der Waals surface area contributed by atoms with Crippen molar-refractivity contribution in [2.75, 3.05) is 0 Å². The molecule has 2 nitrogen and oxygen atoms in total. The average molecular weight is 312 g/mol. The zero-order chi connectivity index (χ0) is 10.3. The summed E-state index contributed by atoms with van der Waals surface area (Å²) in [5.74, 6) is 0.890. The molecule has 0 amide bonds. The van der Waals surface area contributed by atoms with E-state index in [-0.39, 0.29) is 0 Å². The van der Waals surface area contributed by atoms with Gasteiger partial charge in [-0.1, -0.05) is 6.42 Å². The maximum atomic E-state index is 4.51. The quantitative estimate of drug-likeness (QED) is 0.777. The molecule has 0 aromatic carbocycles. The first-order valence-electron chi connectivity index (χ1n) is 5.43. The number of hydrogen-bond donors (Lipinski definition) is 0. The van der Waals surface area contributed by atoms with Crippen LogP contribution in [-0.2, 0) is 6.54 Å². The van der Waals surface area contributed by atoms with Gasteiger partial charge in [0.15, 0.2) is 0 Å². The van der Waals surface area contributed by atoms with E-state index < -0.39 is 0 Å². The fourth-order valence-electron chi connectivity index (χ4n) is 2.15. The van der Waals surface area contributed by atoms with Gasteiger partial charge in [0.25, 0.3) is 0 Å². The Balaban J connectivity index is 1.96. The zero-order valence-corrected chi connectivity index (χ0v) is 10.6. The summed E-state index contributed by atoms with van der Waals surface area (Å²) in [6, 6.07) is 4.36. The van der Waals surface area contributed by atoms with Crippen molar-refractivity contribution in [1.82, 2.24) is 9.55 Å². The first-order valence-corrected chi connectivity index (χ1v) is 6.51. The predicted octanol–water partition coefficient (Wildman–Crippen LogP) is 3.44. The first kappa shape index (κ1) is 9.63. The Morgan fingerprint density at radius 1 is 1.47 bits per heavy atom. The van der Waals surface area contributed by atoms with Gasteiger partial charge in [-0.2, -0.15) is 0 Å². The van der Waals surface area contributed by atoms with Crippen LogP contribution in [-0.4, -0.2) is 9.55 Å². The van der Waals surface area contributed by atoms with Crippen molar-refractivity contribution in [2.45, 2.75) is 25.8 Å². The van der Waals surface area contributed by atoms with Crippen LogP contribution in [0.2, 0.25) is 0 Å². The highest BCUT2D eigenvalue weighted by atomic mass is 127. The standard InChI is InChI=1S/C12H13IN2/c13-11-6-10-4-5-15(12(10)14-7-11)8-9-2-1-3-9/h4-7,9H,1-3,8H2. The van der Waals surface area contributed by atoms with Gasteiger partial charge in [-0.3, -0.25) is 0 Å². The van der Waals surface area contributed by atoms with E-state index in [1.807, 2.05) is 6.20 Å². The molecule has 0 spiro atoms. The van der Waals surface area contributed by atoms with Crippen LogP contribution < -0.4 is 0 Å². The van der Waals surface area contributed by atoms with Crippen molar-refractivity contribution < 1.29 is 0 Å². The highest BCUT2D eigenvalue weighted by molar-refractivity contribution is 14.1. The van der Waals surface area contributed by atoms with Crippen molar-refractivity contribution in [3.8, 4) is 0 Å². The number of nitrogens with zero attached hydrogens (tertiary/aromatic N) is 2. The highest BCUT2D eigenvalue weighted by Crippen LogP contribution is 2.29. The van der Waals surface area contributed by atoms with Crippen molar-refractivity contribution in [3.05, 3.63) is 28.1 Å². The summed E-state index contributed by atoms with van der Waals surface area (Å²) in [6.45, 7) is 1.15. The lowest BCUT2D eigenvalue weighted by Crippen LogP contribution is -2.17. The number of rotatable bonds is 2. The lowest BCUT2D eigenvalue weighted by molar-refractivity contribution is 0.279. The Morgan fingerprint density at radius 3 is 3.07 bits per heavy atom. The summed E-state index contributed by atoms with van der Waals surface area (Å²) in [5.41, 5.74) is 1.14. The van der Waals surface area contributed by atoms with Gasteiger partial charge in [-0.15, -0.1) is 0 Å². The Labute approximate surface area is 103 Å². The smallest absolute Gasteiger partial charge is 0.139 e. The van der Waals surface area contributed by atoms with E-state index in [0.29, 0.717) is 0 Å². The van der Waals surface area contributed by atoms with E-state index in [0.717, 1.165) is 18.1 Å². The zero-order valence-electron chi connectivity index (χ0n) is 8.49. The molecule has 78 valence electrons. The SMILES string of the molecule is Ic1cnc2c(ccn2CC2CCC2)c1. The van der Waals surface area contributed by atoms with Crippen LogP contribution in [0.3, 0.4) is 0 Å². The normalized spacial score (nSPS) is 16.9. The van der Waals surface area contributed by atoms with Crippen LogP contribution in [0.15, 0.2) is 24.5 Å². The third-order valence-electron chi connectivity index (χ3n) is 3.25. The lowest BCUT2D eigenvalue weighted by atomic mass is 9.85. The van der Waals surface area contributed by atoms with Gasteiger partial charge in [0.2, 0.25) is 0 Å². The lowest BCUT2D eigenvalue weighted by Gasteiger charge is -2.25. The number of hydrogen-bond acceptors (Lipinski definition) is 1. The van der Waals surface area contributed by atoms with Crippen LogP contribution in [0.4, 0.5) is 0 Å². The highest BCUT2D eigenvalue weighted by Gasteiger charge is 2.18. The number of aromatic nitrogens is 2. The van der Waals surface area contributed by atoms with Crippen molar-refractivity contribution in [1.29, 1.82) is 0 Å². The van der Waals surface area contributed by atoms with Gasteiger partial charge >= 0.3 is 0 Å². The molecule has 0 radical (unpaired) electrons. The summed E-state index contributed by atoms with van der Waals surface area (Å²) in [5, 5.41) is 1.27. The first-order chi connectivity index (χ1) is 7.33. The topological polar surface area (TPSA) is 17.8 Å². The summed E-state index contributed by atoms with van der Waals surface area (Å²) in [6.07, 6.45) is 8.31. The Morgan fingerprint density at radius 2 is 2.33 bits per heavy atom. The van der Waals surface area contributed by atoms with Crippen molar-refractivity contribution in [2.24, 2.45) is 5.92 Å². The fourth-order valence-corrected chi connectivity index (χ4v) is 2.63. The molecular formula is C12H13IN2. The maximum Gasteiger partial charge on any atom is 0.139 e. The van der Waals surface area contributed by atoms with Crippen molar-refractivity contribution in [3.63, 3.8) is 0 Å². The van der Waals surface area contributed by atoms with Gasteiger partial charge in [0, 0.05) is 27.9 Å². The van der Waals surface area contributed by atoms with Gasteiger partial charge in [-0.05, 0) is 53.5 Å². The van der Waals surface area contributed by atoms with Gasteiger partial charge in [0.1, 0.15) is 5.65 Å². The van der Waals surface area contributed by atoms with Crippen LogP contribution in [0.5, 0.6) is 0 Å². The molecule has 1 aliphatic rings. The number of fused-ring (bicyclic) bond motifs is 1. The van der Waals surface area contributed by atoms with E-state index in [1.54, 1.807) is 0 Å². The number of pyridine rings is 1. The minimum absolute atomic E-state index is 0.890. The Kier molecular flexibility index (Phi) is 2.42. The van der Waals surface area contributed by atoms with E-state index in [2.05, 4.69) is 50.5 Å². The minimum atomic E-state index is 0.890. The van der Waals surface area contributed by atoms with E-state index in [4.69, 9.17) is 0 Å². The van der Waals surface area contributed by atoms with Crippen LogP contribution in [0.25, 0.3) is 11.0 Å². The Bertz CT molecular complexity index is 485. The van der Waals surface area contributed by atoms with Crippen LogP contribution in [0, 0.1) is 9.49 Å². The number of halogens is 1. The molecule has 0 saturated heterocycles. The minimum Gasteiger partial charge on any atom is -0.332 e. The molecule has 3 heteroatoms. The summed E-state index contributed by atoms with van der Waals surface area (Å²) >= 11 is 2.31. The molecule has 1 saturated carbocycles. The van der Waals surface area contributed by atoms with Crippen LogP contribution in [0.1, 0.15) is 19.3 Å². The second-order valence-corrected chi connectivity index (χ2v) is 5.58. The van der Waals surface area contributed by atoms with Gasteiger partial charge in [0.05, 0.1) is 0 Å². The molecule has 0 bridgehead atoms. The molecule has 0 atom stereocenters. The molecule has 0 aliphatic heterocycles.